The zero-order valence-corrected chi connectivity index (χ0v) is 10.9. The highest BCUT2D eigenvalue weighted by atomic mass is 79.9. The van der Waals surface area contributed by atoms with Crippen LogP contribution in [0.2, 0.25) is 0 Å². The summed E-state index contributed by atoms with van der Waals surface area (Å²) < 4.78 is 11.3. The van der Waals surface area contributed by atoms with Gasteiger partial charge in [0, 0.05) is 0 Å². The van der Waals surface area contributed by atoms with Crippen molar-refractivity contribution in [3.05, 3.63) is 52.4 Å². The quantitative estimate of drug-likeness (QED) is 0.672. The standard InChI is InChI=1S/C12H13BrN2O2/c1-16-9-4-2-8(3-5-9)12(15-14)10-6-7-11(13)17-10/h2-7,12,15H,14H2,1H3. The smallest absolute Gasteiger partial charge is 0.169 e. The molecule has 1 aromatic heterocycles. The van der Waals surface area contributed by atoms with Gasteiger partial charge in [-0.3, -0.25) is 5.84 Å². The molecule has 0 aliphatic heterocycles. The summed E-state index contributed by atoms with van der Waals surface area (Å²) >= 11 is 3.27. The third-order valence-corrected chi connectivity index (χ3v) is 2.92. The Bertz CT molecular complexity index is 482. The van der Waals surface area contributed by atoms with Crippen molar-refractivity contribution >= 4 is 15.9 Å². The van der Waals surface area contributed by atoms with Crippen LogP contribution in [-0.2, 0) is 0 Å². The summed E-state index contributed by atoms with van der Waals surface area (Å²) in [6, 6.07) is 11.2. The predicted octanol–water partition coefficient (Wildman–Crippen LogP) is 2.60. The number of rotatable bonds is 4. The number of methoxy groups -OCH3 is 1. The van der Waals surface area contributed by atoms with Gasteiger partial charge in [-0.15, -0.1) is 0 Å². The van der Waals surface area contributed by atoms with Crippen molar-refractivity contribution in [2.45, 2.75) is 6.04 Å². The van der Waals surface area contributed by atoms with Crippen LogP contribution >= 0.6 is 15.9 Å². The van der Waals surface area contributed by atoms with Crippen LogP contribution in [0.1, 0.15) is 17.4 Å². The molecule has 0 aliphatic carbocycles. The summed E-state index contributed by atoms with van der Waals surface area (Å²) in [7, 11) is 1.64. The Morgan fingerprint density at radius 3 is 2.41 bits per heavy atom. The third kappa shape index (κ3) is 2.69. The van der Waals surface area contributed by atoms with Crippen LogP contribution in [0.4, 0.5) is 0 Å². The number of furan rings is 1. The van der Waals surface area contributed by atoms with E-state index in [2.05, 4.69) is 21.4 Å². The highest BCUT2D eigenvalue weighted by Gasteiger charge is 2.16. The Morgan fingerprint density at radius 1 is 1.24 bits per heavy atom. The maximum Gasteiger partial charge on any atom is 0.169 e. The Morgan fingerprint density at radius 2 is 1.94 bits per heavy atom. The first-order chi connectivity index (χ1) is 8.24. The van der Waals surface area contributed by atoms with E-state index in [9.17, 15) is 0 Å². The summed E-state index contributed by atoms with van der Waals surface area (Å²) in [5.74, 6) is 7.12. The first kappa shape index (κ1) is 12.2. The average Bonchev–Trinajstić information content (AvgIpc) is 2.78. The molecule has 1 unspecified atom stereocenters. The molecule has 17 heavy (non-hydrogen) atoms. The van der Waals surface area contributed by atoms with Gasteiger partial charge in [-0.1, -0.05) is 12.1 Å². The number of hydrogen-bond donors (Lipinski definition) is 2. The fraction of sp³-hybridized carbons (Fsp3) is 0.167. The number of hydrazine groups is 1. The van der Waals surface area contributed by atoms with Crippen LogP contribution in [0.15, 0.2) is 45.5 Å². The molecular formula is C12H13BrN2O2. The van der Waals surface area contributed by atoms with E-state index in [0.29, 0.717) is 4.67 Å². The molecule has 5 heteroatoms. The van der Waals surface area contributed by atoms with Gasteiger partial charge in [-0.2, -0.15) is 0 Å². The monoisotopic (exact) mass is 296 g/mol. The van der Waals surface area contributed by atoms with E-state index in [0.717, 1.165) is 17.1 Å². The van der Waals surface area contributed by atoms with Crippen molar-refractivity contribution < 1.29 is 9.15 Å². The minimum absolute atomic E-state index is 0.174. The Balaban J connectivity index is 2.28. The van der Waals surface area contributed by atoms with E-state index >= 15 is 0 Å². The van der Waals surface area contributed by atoms with Crippen LogP contribution in [0.3, 0.4) is 0 Å². The predicted molar refractivity (Wildman–Crippen MR) is 68.6 cm³/mol. The molecule has 0 bridgehead atoms. The SMILES string of the molecule is COc1ccc(C(NN)c2ccc(Br)o2)cc1. The molecule has 0 amide bonds. The van der Waals surface area contributed by atoms with Crippen molar-refractivity contribution in [3.63, 3.8) is 0 Å². The molecule has 2 rings (SSSR count). The number of benzene rings is 1. The zero-order valence-electron chi connectivity index (χ0n) is 9.31. The molecule has 2 aromatic rings. The van der Waals surface area contributed by atoms with Crippen molar-refractivity contribution in [3.8, 4) is 5.75 Å². The number of ether oxygens (including phenoxy) is 1. The number of halogens is 1. The lowest BCUT2D eigenvalue weighted by Gasteiger charge is -2.14. The van der Waals surface area contributed by atoms with Gasteiger partial charge in [-0.25, -0.2) is 5.43 Å². The summed E-state index contributed by atoms with van der Waals surface area (Å²) in [6.07, 6.45) is 0. The lowest BCUT2D eigenvalue weighted by atomic mass is 10.1. The normalized spacial score (nSPS) is 12.4. The first-order valence-electron chi connectivity index (χ1n) is 5.10. The minimum atomic E-state index is -0.174. The van der Waals surface area contributed by atoms with Crippen molar-refractivity contribution in [2.24, 2.45) is 5.84 Å². The minimum Gasteiger partial charge on any atom is -0.497 e. The second-order valence-electron chi connectivity index (χ2n) is 3.51. The van der Waals surface area contributed by atoms with Crippen molar-refractivity contribution in [1.29, 1.82) is 0 Å². The van der Waals surface area contributed by atoms with E-state index < -0.39 is 0 Å². The van der Waals surface area contributed by atoms with Gasteiger partial charge in [0.1, 0.15) is 17.6 Å². The zero-order chi connectivity index (χ0) is 12.3. The van der Waals surface area contributed by atoms with E-state index in [1.165, 1.54) is 0 Å². The molecule has 3 N–H and O–H groups in total. The molecule has 4 nitrogen and oxygen atoms in total. The van der Waals surface area contributed by atoms with Gasteiger partial charge < -0.3 is 9.15 Å². The summed E-state index contributed by atoms with van der Waals surface area (Å²) in [5.41, 5.74) is 3.74. The number of nitrogens with one attached hydrogen (secondary N) is 1. The first-order valence-corrected chi connectivity index (χ1v) is 5.89. The Kier molecular flexibility index (Phi) is 3.83. The van der Waals surface area contributed by atoms with Crippen LogP contribution in [-0.4, -0.2) is 7.11 Å². The number of hydrogen-bond acceptors (Lipinski definition) is 4. The highest BCUT2D eigenvalue weighted by molar-refractivity contribution is 9.10. The van der Waals surface area contributed by atoms with Crippen LogP contribution in [0.25, 0.3) is 0 Å². The van der Waals surface area contributed by atoms with Crippen LogP contribution < -0.4 is 16.0 Å². The molecule has 90 valence electrons. The average molecular weight is 297 g/mol. The highest BCUT2D eigenvalue weighted by Crippen LogP contribution is 2.26. The van der Waals surface area contributed by atoms with Crippen molar-refractivity contribution in [2.75, 3.05) is 7.11 Å². The maximum atomic E-state index is 5.56. The van der Waals surface area contributed by atoms with Gasteiger partial charge in [0.05, 0.1) is 7.11 Å². The lowest BCUT2D eigenvalue weighted by molar-refractivity contribution is 0.413. The Labute approximate surface area is 108 Å². The fourth-order valence-electron chi connectivity index (χ4n) is 1.62. The summed E-state index contributed by atoms with van der Waals surface area (Å²) in [5, 5.41) is 0. The molecule has 1 aromatic carbocycles. The third-order valence-electron chi connectivity index (χ3n) is 2.49. The van der Waals surface area contributed by atoms with Gasteiger partial charge >= 0.3 is 0 Å². The number of nitrogens with two attached hydrogens (primary N) is 1. The molecule has 0 spiro atoms. The Hall–Kier alpha value is -1.30. The van der Waals surface area contributed by atoms with Crippen molar-refractivity contribution in [1.82, 2.24) is 5.43 Å². The van der Waals surface area contributed by atoms with Gasteiger partial charge in [-0.05, 0) is 45.8 Å². The fourth-order valence-corrected chi connectivity index (χ4v) is 1.94. The summed E-state index contributed by atoms with van der Waals surface area (Å²) in [4.78, 5) is 0. The maximum absolute atomic E-state index is 5.56. The second-order valence-corrected chi connectivity index (χ2v) is 4.30. The van der Waals surface area contributed by atoms with Gasteiger partial charge in [0.15, 0.2) is 4.67 Å². The molecule has 0 saturated carbocycles. The molecule has 1 atom stereocenters. The van der Waals surface area contributed by atoms with E-state index in [1.54, 1.807) is 7.11 Å². The molecule has 0 saturated heterocycles. The van der Waals surface area contributed by atoms with E-state index in [1.807, 2.05) is 36.4 Å². The molecule has 0 radical (unpaired) electrons. The lowest BCUT2D eigenvalue weighted by Crippen LogP contribution is -2.28. The molecular weight excluding hydrogens is 284 g/mol. The van der Waals surface area contributed by atoms with Crippen LogP contribution in [0, 0.1) is 0 Å². The topological polar surface area (TPSA) is 60.4 Å². The van der Waals surface area contributed by atoms with E-state index in [-0.39, 0.29) is 6.04 Å². The molecule has 0 fully saturated rings. The molecule has 1 heterocycles. The van der Waals surface area contributed by atoms with Gasteiger partial charge in [0.25, 0.3) is 0 Å². The molecule has 0 aliphatic rings. The second kappa shape index (κ2) is 5.35. The van der Waals surface area contributed by atoms with E-state index in [4.69, 9.17) is 15.0 Å². The van der Waals surface area contributed by atoms with Crippen LogP contribution in [0.5, 0.6) is 5.75 Å². The summed E-state index contributed by atoms with van der Waals surface area (Å²) in [6.45, 7) is 0. The largest absolute Gasteiger partial charge is 0.497 e. The van der Waals surface area contributed by atoms with Gasteiger partial charge in [0.2, 0.25) is 0 Å².